The SMILES string of the molecule is NC/C=C/c1c(F)c(F)c(Br)c(F)c1Cl. The van der Waals surface area contributed by atoms with Crippen molar-refractivity contribution in [1.82, 2.24) is 0 Å². The number of hydrogen-bond donors (Lipinski definition) is 1. The minimum atomic E-state index is -1.31. The predicted molar refractivity (Wildman–Crippen MR) is 57.1 cm³/mol. The molecular weight excluding hydrogens is 294 g/mol. The molecule has 0 radical (unpaired) electrons. The molecule has 82 valence electrons. The van der Waals surface area contributed by atoms with Crippen molar-refractivity contribution in [3.63, 3.8) is 0 Å². The van der Waals surface area contributed by atoms with Gasteiger partial charge in [0, 0.05) is 12.1 Å². The van der Waals surface area contributed by atoms with E-state index in [0.717, 1.165) is 6.08 Å². The second-order valence-corrected chi connectivity index (χ2v) is 3.79. The van der Waals surface area contributed by atoms with E-state index < -0.39 is 26.9 Å². The Bertz CT molecular complexity index is 391. The summed E-state index contributed by atoms with van der Waals surface area (Å²) in [7, 11) is 0. The maximum absolute atomic E-state index is 13.3. The van der Waals surface area contributed by atoms with Gasteiger partial charge in [0.25, 0.3) is 0 Å². The zero-order valence-electron chi connectivity index (χ0n) is 7.33. The lowest BCUT2D eigenvalue weighted by Crippen LogP contribution is -1.98. The molecule has 1 aromatic carbocycles. The lowest BCUT2D eigenvalue weighted by Gasteiger charge is -2.06. The first-order valence-corrected chi connectivity index (χ1v) is 5.05. The van der Waals surface area contributed by atoms with Gasteiger partial charge in [0.15, 0.2) is 17.5 Å². The van der Waals surface area contributed by atoms with Gasteiger partial charge in [0.1, 0.15) is 0 Å². The maximum atomic E-state index is 13.3. The quantitative estimate of drug-likeness (QED) is 0.656. The van der Waals surface area contributed by atoms with Crippen LogP contribution in [0.2, 0.25) is 5.02 Å². The van der Waals surface area contributed by atoms with E-state index in [1.54, 1.807) is 0 Å². The Hall–Kier alpha value is -0.520. The molecule has 6 heteroatoms. The molecular formula is C9H6BrClF3N. The molecule has 1 rings (SSSR count). The highest BCUT2D eigenvalue weighted by Gasteiger charge is 2.20. The van der Waals surface area contributed by atoms with Crippen LogP contribution >= 0.6 is 27.5 Å². The average molecular weight is 301 g/mol. The van der Waals surface area contributed by atoms with Gasteiger partial charge in [0.2, 0.25) is 0 Å². The van der Waals surface area contributed by atoms with Crippen LogP contribution in [0, 0.1) is 17.5 Å². The summed E-state index contributed by atoms with van der Waals surface area (Å²) in [6.45, 7) is 0.120. The standard InChI is InChI=1S/C9H6BrClF3N/c10-5-8(13)6(11)4(2-1-3-15)7(12)9(5)14/h1-2H,3,15H2/b2-1+. The summed E-state index contributed by atoms with van der Waals surface area (Å²) in [6.07, 6.45) is 2.48. The lowest BCUT2D eigenvalue weighted by atomic mass is 10.2. The van der Waals surface area contributed by atoms with Crippen LogP contribution in [0.15, 0.2) is 10.5 Å². The first kappa shape index (κ1) is 12.5. The molecule has 0 atom stereocenters. The highest BCUT2D eigenvalue weighted by molar-refractivity contribution is 9.10. The summed E-state index contributed by atoms with van der Waals surface area (Å²) in [4.78, 5) is 0. The first-order chi connectivity index (χ1) is 7.00. The van der Waals surface area contributed by atoms with Gasteiger partial charge in [-0.15, -0.1) is 0 Å². The van der Waals surface area contributed by atoms with Gasteiger partial charge in [-0.25, -0.2) is 13.2 Å². The second kappa shape index (κ2) is 5.01. The van der Waals surface area contributed by atoms with Gasteiger partial charge in [-0.1, -0.05) is 23.8 Å². The largest absolute Gasteiger partial charge is 0.327 e. The molecule has 0 heterocycles. The van der Waals surface area contributed by atoms with E-state index in [-0.39, 0.29) is 12.1 Å². The van der Waals surface area contributed by atoms with Crippen molar-refractivity contribution in [2.45, 2.75) is 0 Å². The minimum Gasteiger partial charge on any atom is -0.327 e. The van der Waals surface area contributed by atoms with Crippen LogP contribution in [0.25, 0.3) is 6.08 Å². The van der Waals surface area contributed by atoms with Crippen LogP contribution in [0.1, 0.15) is 5.56 Å². The van der Waals surface area contributed by atoms with Crippen LogP contribution in [-0.4, -0.2) is 6.54 Å². The van der Waals surface area contributed by atoms with Crippen LogP contribution < -0.4 is 5.73 Å². The molecule has 15 heavy (non-hydrogen) atoms. The summed E-state index contributed by atoms with van der Waals surface area (Å²) < 4.78 is 38.9. The van der Waals surface area contributed by atoms with Gasteiger partial charge in [-0.3, -0.25) is 0 Å². The van der Waals surface area contributed by atoms with E-state index in [0.29, 0.717) is 0 Å². The van der Waals surface area contributed by atoms with Crippen molar-refractivity contribution in [2.24, 2.45) is 5.73 Å². The van der Waals surface area contributed by atoms with Gasteiger partial charge < -0.3 is 5.73 Å². The minimum absolute atomic E-state index is 0.120. The molecule has 0 aliphatic heterocycles. The monoisotopic (exact) mass is 299 g/mol. The Kier molecular flexibility index (Phi) is 4.19. The number of nitrogens with two attached hydrogens (primary N) is 1. The van der Waals surface area contributed by atoms with E-state index in [1.807, 2.05) is 0 Å². The molecule has 2 N–H and O–H groups in total. The van der Waals surface area contributed by atoms with Crippen LogP contribution in [0.4, 0.5) is 13.2 Å². The zero-order chi connectivity index (χ0) is 11.6. The van der Waals surface area contributed by atoms with E-state index in [4.69, 9.17) is 17.3 Å². The summed E-state index contributed by atoms with van der Waals surface area (Å²) >= 11 is 8.07. The number of rotatable bonds is 2. The zero-order valence-corrected chi connectivity index (χ0v) is 9.67. The summed E-state index contributed by atoms with van der Waals surface area (Å²) in [5.41, 5.74) is 4.79. The highest BCUT2D eigenvalue weighted by Crippen LogP contribution is 2.32. The Balaban J connectivity index is 3.45. The summed E-state index contributed by atoms with van der Waals surface area (Å²) in [5.74, 6) is -3.56. The number of benzene rings is 1. The van der Waals surface area contributed by atoms with Crippen LogP contribution in [-0.2, 0) is 0 Å². The van der Waals surface area contributed by atoms with Crippen molar-refractivity contribution in [1.29, 1.82) is 0 Å². The number of hydrogen-bond acceptors (Lipinski definition) is 1. The molecule has 0 saturated heterocycles. The molecule has 0 amide bonds. The molecule has 0 aliphatic rings. The molecule has 0 spiro atoms. The van der Waals surface area contributed by atoms with Crippen molar-refractivity contribution >= 4 is 33.6 Å². The van der Waals surface area contributed by atoms with E-state index >= 15 is 0 Å². The Morgan fingerprint density at radius 2 is 1.80 bits per heavy atom. The molecule has 0 bridgehead atoms. The smallest absolute Gasteiger partial charge is 0.176 e. The Morgan fingerprint density at radius 3 is 2.33 bits per heavy atom. The number of halogens is 5. The van der Waals surface area contributed by atoms with Crippen LogP contribution in [0.5, 0.6) is 0 Å². The topological polar surface area (TPSA) is 26.0 Å². The van der Waals surface area contributed by atoms with Gasteiger partial charge >= 0.3 is 0 Å². The third-order valence-corrected chi connectivity index (χ3v) is 2.73. The fourth-order valence-corrected chi connectivity index (χ4v) is 1.68. The van der Waals surface area contributed by atoms with Crippen molar-refractivity contribution in [3.8, 4) is 0 Å². The molecule has 0 aromatic heterocycles. The molecule has 0 unspecified atom stereocenters. The van der Waals surface area contributed by atoms with Crippen molar-refractivity contribution in [2.75, 3.05) is 6.54 Å². The predicted octanol–water partition coefficient (Wildman–Crippen LogP) is 3.49. The molecule has 1 nitrogen and oxygen atoms in total. The fourth-order valence-electron chi connectivity index (χ4n) is 0.954. The Labute approximate surface area is 97.8 Å². The van der Waals surface area contributed by atoms with Gasteiger partial charge in [-0.2, -0.15) is 0 Å². The Morgan fingerprint density at radius 1 is 1.20 bits per heavy atom. The second-order valence-electron chi connectivity index (χ2n) is 2.62. The molecule has 0 aliphatic carbocycles. The van der Waals surface area contributed by atoms with Gasteiger partial charge in [0.05, 0.1) is 9.50 Å². The maximum Gasteiger partial charge on any atom is 0.176 e. The van der Waals surface area contributed by atoms with Crippen molar-refractivity contribution in [3.05, 3.63) is 38.6 Å². The normalized spacial score (nSPS) is 11.3. The van der Waals surface area contributed by atoms with Crippen molar-refractivity contribution < 1.29 is 13.2 Å². The molecule has 0 fully saturated rings. The summed E-state index contributed by atoms with van der Waals surface area (Å²) in [6, 6.07) is 0. The average Bonchev–Trinajstić information content (AvgIpc) is 2.24. The summed E-state index contributed by atoms with van der Waals surface area (Å²) in [5, 5.41) is -0.481. The van der Waals surface area contributed by atoms with E-state index in [1.165, 1.54) is 6.08 Å². The third kappa shape index (κ3) is 2.35. The fraction of sp³-hybridized carbons (Fsp3) is 0.111. The third-order valence-electron chi connectivity index (χ3n) is 1.66. The highest BCUT2D eigenvalue weighted by atomic mass is 79.9. The molecule has 1 aromatic rings. The van der Waals surface area contributed by atoms with E-state index in [9.17, 15) is 13.2 Å². The lowest BCUT2D eigenvalue weighted by molar-refractivity contribution is 0.486. The molecule has 0 saturated carbocycles. The van der Waals surface area contributed by atoms with Crippen LogP contribution in [0.3, 0.4) is 0 Å². The first-order valence-electron chi connectivity index (χ1n) is 3.88. The van der Waals surface area contributed by atoms with E-state index in [2.05, 4.69) is 15.9 Å². The van der Waals surface area contributed by atoms with Gasteiger partial charge in [-0.05, 0) is 15.9 Å².